The molecule has 0 fully saturated rings. The first kappa shape index (κ1) is 17.9. The summed E-state index contributed by atoms with van der Waals surface area (Å²) >= 11 is 0. The molecule has 1 amide bonds. The van der Waals surface area contributed by atoms with Gasteiger partial charge in [-0.2, -0.15) is 0 Å². The topological polar surface area (TPSA) is 77.5 Å². The standard InChI is InChI=1S/C16H24N2O4/c1-10-8-12(18-14(20)22-16(5,6)7)11(9-17-10)13(19)21-15(2,3)4/h8-9H,1-7H3,(H,17,18,20). The Labute approximate surface area is 131 Å². The van der Waals surface area contributed by atoms with Gasteiger partial charge in [0.25, 0.3) is 0 Å². The van der Waals surface area contributed by atoms with Crippen LogP contribution in [0.4, 0.5) is 10.5 Å². The van der Waals surface area contributed by atoms with Gasteiger partial charge >= 0.3 is 12.1 Å². The number of nitrogens with zero attached hydrogens (tertiary/aromatic N) is 1. The van der Waals surface area contributed by atoms with E-state index in [0.717, 1.165) is 0 Å². The van der Waals surface area contributed by atoms with Gasteiger partial charge in [-0.15, -0.1) is 0 Å². The van der Waals surface area contributed by atoms with Crippen LogP contribution in [0.1, 0.15) is 57.6 Å². The van der Waals surface area contributed by atoms with Gasteiger partial charge in [0.1, 0.15) is 16.8 Å². The predicted octanol–water partition coefficient (Wildman–Crippen LogP) is 3.69. The number of rotatable bonds is 2. The molecule has 6 heteroatoms. The highest BCUT2D eigenvalue weighted by Crippen LogP contribution is 2.21. The van der Waals surface area contributed by atoms with Gasteiger partial charge in [-0.05, 0) is 54.5 Å². The Hall–Kier alpha value is -2.11. The minimum Gasteiger partial charge on any atom is -0.456 e. The highest BCUT2D eigenvalue weighted by atomic mass is 16.6. The van der Waals surface area contributed by atoms with Gasteiger partial charge in [-0.25, -0.2) is 9.59 Å². The lowest BCUT2D eigenvalue weighted by atomic mass is 10.1. The van der Waals surface area contributed by atoms with E-state index >= 15 is 0 Å². The van der Waals surface area contributed by atoms with Gasteiger partial charge in [0, 0.05) is 11.9 Å². The van der Waals surface area contributed by atoms with Crippen LogP contribution >= 0.6 is 0 Å². The largest absolute Gasteiger partial charge is 0.456 e. The first-order chi connectivity index (χ1) is 9.87. The number of nitrogens with one attached hydrogen (secondary N) is 1. The number of hydrogen-bond donors (Lipinski definition) is 1. The summed E-state index contributed by atoms with van der Waals surface area (Å²) in [5, 5.41) is 2.57. The van der Waals surface area contributed by atoms with Crippen molar-refractivity contribution in [2.45, 2.75) is 59.7 Å². The maximum atomic E-state index is 12.2. The summed E-state index contributed by atoms with van der Waals surface area (Å²) in [6.07, 6.45) is 0.749. The van der Waals surface area contributed by atoms with E-state index in [4.69, 9.17) is 9.47 Å². The van der Waals surface area contributed by atoms with Crippen molar-refractivity contribution in [2.75, 3.05) is 5.32 Å². The van der Waals surface area contributed by atoms with Crippen LogP contribution in [0.5, 0.6) is 0 Å². The summed E-state index contributed by atoms with van der Waals surface area (Å²) in [6, 6.07) is 1.60. The van der Waals surface area contributed by atoms with Crippen LogP contribution in [0.25, 0.3) is 0 Å². The van der Waals surface area contributed by atoms with E-state index in [9.17, 15) is 9.59 Å². The number of amides is 1. The number of pyridine rings is 1. The highest BCUT2D eigenvalue weighted by molar-refractivity contribution is 5.99. The number of carbonyl (C=O) groups is 2. The molecule has 6 nitrogen and oxygen atoms in total. The smallest absolute Gasteiger partial charge is 0.412 e. The number of esters is 1. The molecule has 122 valence electrons. The molecule has 0 saturated carbocycles. The first-order valence-electron chi connectivity index (χ1n) is 7.07. The second-order valence-corrected chi connectivity index (χ2v) is 7.00. The van der Waals surface area contributed by atoms with Gasteiger partial charge in [-0.3, -0.25) is 10.3 Å². The molecular formula is C16H24N2O4. The van der Waals surface area contributed by atoms with Crippen molar-refractivity contribution in [1.29, 1.82) is 0 Å². The average molecular weight is 308 g/mol. The quantitative estimate of drug-likeness (QED) is 0.843. The molecule has 1 rings (SSSR count). The molecule has 0 aromatic carbocycles. The third-order valence-corrected chi connectivity index (χ3v) is 2.30. The molecule has 0 atom stereocenters. The molecule has 0 spiro atoms. The molecule has 1 aromatic heterocycles. The van der Waals surface area contributed by atoms with Crippen LogP contribution in [0.2, 0.25) is 0 Å². The average Bonchev–Trinajstić information content (AvgIpc) is 2.23. The van der Waals surface area contributed by atoms with Crippen LogP contribution in [0, 0.1) is 6.92 Å². The van der Waals surface area contributed by atoms with E-state index in [0.29, 0.717) is 11.4 Å². The fraction of sp³-hybridized carbons (Fsp3) is 0.562. The number of ether oxygens (including phenoxy) is 2. The van der Waals surface area contributed by atoms with Gasteiger partial charge in [-0.1, -0.05) is 0 Å². The van der Waals surface area contributed by atoms with Crippen molar-refractivity contribution >= 4 is 17.7 Å². The second-order valence-electron chi connectivity index (χ2n) is 7.00. The molecule has 0 radical (unpaired) electrons. The lowest BCUT2D eigenvalue weighted by Gasteiger charge is -2.22. The Morgan fingerprint density at radius 1 is 1.05 bits per heavy atom. The third-order valence-electron chi connectivity index (χ3n) is 2.30. The molecular weight excluding hydrogens is 284 g/mol. The van der Waals surface area contributed by atoms with E-state index in [-0.39, 0.29) is 5.56 Å². The molecule has 1 aromatic rings. The number of hydrogen-bond acceptors (Lipinski definition) is 5. The van der Waals surface area contributed by atoms with Crippen LogP contribution in [-0.2, 0) is 9.47 Å². The van der Waals surface area contributed by atoms with Crippen molar-refractivity contribution in [1.82, 2.24) is 4.98 Å². The summed E-state index contributed by atoms with van der Waals surface area (Å²) in [4.78, 5) is 28.2. The Morgan fingerprint density at radius 3 is 2.09 bits per heavy atom. The summed E-state index contributed by atoms with van der Waals surface area (Å²) in [5.74, 6) is -0.550. The summed E-state index contributed by atoms with van der Waals surface area (Å²) in [5.41, 5.74) is -0.0932. The SMILES string of the molecule is Cc1cc(NC(=O)OC(C)(C)C)c(C(=O)OC(C)(C)C)cn1. The molecule has 1 N–H and O–H groups in total. The zero-order chi connectivity index (χ0) is 17.1. The zero-order valence-corrected chi connectivity index (χ0v) is 14.2. The zero-order valence-electron chi connectivity index (χ0n) is 14.2. The fourth-order valence-electron chi connectivity index (χ4n) is 1.57. The second kappa shape index (κ2) is 6.34. The van der Waals surface area contributed by atoms with E-state index in [1.165, 1.54) is 6.20 Å². The monoisotopic (exact) mass is 308 g/mol. The lowest BCUT2D eigenvalue weighted by molar-refractivity contribution is 0.00703. The summed E-state index contributed by atoms with van der Waals surface area (Å²) < 4.78 is 10.5. The molecule has 0 aliphatic carbocycles. The summed E-state index contributed by atoms with van der Waals surface area (Å²) in [7, 11) is 0. The maximum absolute atomic E-state index is 12.2. The Balaban J connectivity index is 3.01. The van der Waals surface area contributed by atoms with E-state index < -0.39 is 23.3 Å². The van der Waals surface area contributed by atoms with Crippen molar-refractivity contribution in [3.63, 3.8) is 0 Å². The molecule has 0 aliphatic heterocycles. The van der Waals surface area contributed by atoms with E-state index in [1.54, 1.807) is 54.5 Å². The van der Waals surface area contributed by atoms with Crippen molar-refractivity contribution < 1.29 is 19.1 Å². The third kappa shape index (κ3) is 6.11. The predicted molar refractivity (Wildman–Crippen MR) is 84.0 cm³/mol. The first-order valence-corrected chi connectivity index (χ1v) is 7.07. The van der Waals surface area contributed by atoms with Crippen molar-refractivity contribution in [3.8, 4) is 0 Å². The number of carbonyl (C=O) groups excluding carboxylic acids is 2. The number of aromatic nitrogens is 1. The minimum absolute atomic E-state index is 0.186. The Morgan fingerprint density at radius 2 is 1.59 bits per heavy atom. The van der Waals surface area contributed by atoms with Gasteiger partial charge in [0.15, 0.2) is 0 Å². The molecule has 0 bridgehead atoms. The van der Waals surface area contributed by atoms with Crippen molar-refractivity contribution in [2.24, 2.45) is 0 Å². The summed E-state index contributed by atoms with van der Waals surface area (Å²) in [6.45, 7) is 12.4. The van der Waals surface area contributed by atoms with Crippen LogP contribution in [-0.4, -0.2) is 28.2 Å². The minimum atomic E-state index is -0.636. The highest BCUT2D eigenvalue weighted by Gasteiger charge is 2.23. The van der Waals surface area contributed by atoms with E-state index in [1.807, 2.05) is 0 Å². The van der Waals surface area contributed by atoms with Gasteiger partial charge in [0.05, 0.1) is 5.69 Å². The molecule has 0 aliphatic rings. The van der Waals surface area contributed by atoms with Gasteiger partial charge < -0.3 is 9.47 Å². The number of anilines is 1. The Kier molecular flexibility index (Phi) is 5.17. The molecule has 22 heavy (non-hydrogen) atoms. The van der Waals surface area contributed by atoms with Crippen LogP contribution < -0.4 is 5.32 Å². The van der Waals surface area contributed by atoms with Crippen molar-refractivity contribution in [3.05, 3.63) is 23.5 Å². The maximum Gasteiger partial charge on any atom is 0.412 e. The molecule has 1 heterocycles. The van der Waals surface area contributed by atoms with E-state index in [2.05, 4.69) is 10.3 Å². The molecule has 0 unspecified atom stereocenters. The van der Waals surface area contributed by atoms with Crippen LogP contribution in [0.3, 0.4) is 0 Å². The number of aryl methyl sites for hydroxylation is 1. The Bertz CT molecular complexity index is 568. The normalized spacial score (nSPS) is 11.8. The van der Waals surface area contributed by atoms with Crippen LogP contribution in [0.15, 0.2) is 12.3 Å². The molecule has 0 saturated heterocycles. The lowest BCUT2D eigenvalue weighted by Crippen LogP contribution is -2.29. The van der Waals surface area contributed by atoms with Gasteiger partial charge in [0.2, 0.25) is 0 Å². The fourth-order valence-corrected chi connectivity index (χ4v) is 1.57.